The van der Waals surface area contributed by atoms with E-state index in [-0.39, 0.29) is 16.9 Å². The van der Waals surface area contributed by atoms with Crippen molar-refractivity contribution >= 4 is 22.4 Å². The van der Waals surface area contributed by atoms with Gasteiger partial charge in [0.15, 0.2) is 10.9 Å². The molecule has 3 heterocycles. The molecular formula is C16H14N4O3S. The fourth-order valence-electron chi connectivity index (χ4n) is 2.11. The summed E-state index contributed by atoms with van der Waals surface area (Å²) in [5, 5.41) is 4.94. The number of methoxy groups -OCH3 is 1. The standard InChI is InChI=1S/C16H14N4O3S/c1-20-8-14(23-2)13(21)7-12(20)15(22)19-16-18-11(9-24-16)10-5-3-4-6-17-10/h3-9H,1-2H3,(H,18,19,22). The van der Waals surface area contributed by atoms with Crippen molar-refractivity contribution in [3.63, 3.8) is 0 Å². The smallest absolute Gasteiger partial charge is 0.274 e. The minimum absolute atomic E-state index is 0.181. The van der Waals surface area contributed by atoms with Crippen LogP contribution in [0.3, 0.4) is 0 Å². The number of carbonyl (C=O) groups is 1. The van der Waals surface area contributed by atoms with Crippen LogP contribution < -0.4 is 15.5 Å². The van der Waals surface area contributed by atoms with Crippen LogP contribution in [0, 0.1) is 0 Å². The average molecular weight is 342 g/mol. The molecule has 0 unspecified atom stereocenters. The van der Waals surface area contributed by atoms with Crippen LogP contribution in [0.5, 0.6) is 5.75 Å². The lowest BCUT2D eigenvalue weighted by molar-refractivity contribution is 0.101. The maximum Gasteiger partial charge on any atom is 0.274 e. The number of ether oxygens (including phenoxy) is 1. The summed E-state index contributed by atoms with van der Waals surface area (Å²) in [6.45, 7) is 0. The first-order valence-corrected chi connectivity index (χ1v) is 7.89. The van der Waals surface area contributed by atoms with E-state index in [9.17, 15) is 9.59 Å². The van der Waals surface area contributed by atoms with Crippen LogP contribution in [0.1, 0.15) is 10.5 Å². The van der Waals surface area contributed by atoms with Crippen molar-refractivity contribution in [1.82, 2.24) is 14.5 Å². The van der Waals surface area contributed by atoms with Crippen molar-refractivity contribution in [3.05, 3.63) is 58.0 Å². The van der Waals surface area contributed by atoms with Gasteiger partial charge in [-0.1, -0.05) is 6.07 Å². The van der Waals surface area contributed by atoms with Gasteiger partial charge in [-0.2, -0.15) is 0 Å². The van der Waals surface area contributed by atoms with E-state index in [1.165, 1.54) is 35.3 Å². The summed E-state index contributed by atoms with van der Waals surface area (Å²) in [6, 6.07) is 6.77. The SMILES string of the molecule is COc1cn(C)c(C(=O)Nc2nc(-c3ccccn3)cs2)cc1=O. The van der Waals surface area contributed by atoms with Gasteiger partial charge < -0.3 is 9.30 Å². The Morgan fingerprint density at radius 2 is 2.17 bits per heavy atom. The highest BCUT2D eigenvalue weighted by Crippen LogP contribution is 2.23. The maximum absolute atomic E-state index is 12.4. The average Bonchev–Trinajstić information content (AvgIpc) is 3.05. The monoisotopic (exact) mass is 342 g/mol. The molecule has 0 bridgehead atoms. The summed E-state index contributed by atoms with van der Waals surface area (Å²) in [7, 11) is 3.07. The van der Waals surface area contributed by atoms with Gasteiger partial charge in [0, 0.05) is 24.7 Å². The summed E-state index contributed by atoms with van der Waals surface area (Å²) >= 11 is 1.29. The number of thiazole rings is 1. The first-order chi connectivity index (χ1) is 11.6. The van der Waals surface area contributed by atoms with Gasteiger partial charge in [0.1, 0.15) is 11.4 Å². The number of amides is 1. The third-order valence-corrected chi connectivity index (χ3v) is 4.06. The second kappa shape index (κ2) is 6.63. The molecule has 24 heavy (non-hydrogen) atoms. The maximum atomic E-state index is 12.4. The highest BCUT2D eigenvalue weighted by Gasteiger charge is 2.14. The molecular weight excluding hydrogens is 328 g/mol. The van der Waals surface area contributed by atoms with E-state index in [0.717, 1.165) is 5.69 Å². The second-order valence-electron chi connectivity index (χ2n) is 4.91. The highest BCUT2D eigenvalue weighted by molar-refractivity contribution is 7.14. The van der Waals surface area contributed by atoms with E-state index < -0.39 is 5.91 Å². The van der Waals surface area contributed by atoms with E-state index in [1.54, 1.807) is 13.2 Å². The molecule has 0 spiro atoms. The molecule has 0 fully saturated rings. The number of hydrogen-bond acceptors (Lipinski definition) is 6. The summed E-state index contributed by atoms with van der Waals surface area (Å²) in [6.07, 6.45) is 3.15. The van der Waals surface area contributed by atoms with Crippen molar-refractivity contribution < 1.29 is 9.53 Å². The van der Waals surface area contributed by atoms with Gasteiger partial charge >= 0.3 is 0 Å². The fraction of sp³-hybridized carbons (Fsp3) is 0.125. The van der Waals surface area contributed by atoms with Gasteiger partial charge in [0.2, 0.25) is 5.43 Å². The minimum atomic E-state index is -0.417. The van der Waals surface area contributed by atoms with Crippen LogP contribution in [0.15, 0.2) is 46.8 Å². The predicted molar refractivity (Wildman–Crippen MR) is 91.5 cm³/mol. The summed E-state index contributed by atoms with van der Waals surface area (Å²) < 4.78 is 6.48. The van der Waals surface area contributed by atoms with Crippen LogP contribution in [0.4, 0.5) is 5.13 Å². The largest absolute Gasteiger partial charge is 0.491 e. The molecule has 0 aliphatic carbocycles. The summed E-state index contributed by atoms with van der Waals surface area (Å²) in [4.78, 5) is 32.8. The van der Waals surface area contributed by atoms with Crippen molar-refractivity contribution in [2.45, 2.75) is 0 Å². The van der Waals surface area contributed by atoms with E-state index in [2.05, 4.69) is 15.3 Å². The number of anilines is 1. The van der Waals surface area contributed by atoms with Crippen molar-refractivity contribution in [3.8, 4) is 17.1 Å². The minimum Gasteiger partial charge on any atom is -0.491 e. The van der Waals surface area contributed by atoms with Crippen LogP contribution in [0.25, 0.3) is 11.4 Å². The molecule has 0 saturated carbocycles. The molecule has 7 nitrogen and oxygen atoms in total. The normalized spacial score (nSPS) is 10.4. The Bertz CT molecular complexity index is 934. The lowest BCUT2D eigenvalue weighted by atomic mass is 10.3. The van der Waals surface area contributed by atoms with Gasteiger partial charge in [0.05, 0.1) is 19.0 Å². The van der Waals surface area contributed by atoms with E-state index in [1.807, 2.05) is 23.6 Å². The second-order valence-corrected chi connectivity index (χ2v) is 5.77. The fourth-order valence-corrected chi connectivity index (χ4v) is 2.81. The third-order valence-electron chi connectivity index (χ3n) is 3.31. The number of hydrogen-bond donors (Lipinski definition) is 1. The summed E-state index contributed by atoms with van der Waals surface area (Å²) in [5.74, 6) is -0.236. The molecule has 0 aliphatic heterocycles. The van der Waals surface area contributed by atoms with Crippen molar-refractivity contribution in [1.29, 1.82) is 0 Å². The number of aromatic nitrogens is 3. The van der Waals surface area contributed by atoms with Gasteiger partial charge in [-0.05, 0) is 12.1 Å². The van der Waals surface area contributed by atoms with Crippen LogP contribution in [-0.2, 0) is 7.05 Å². The molecule has 0 saturated heterocycles. The molecule has 8 heteroatoms. The zero-order chi connectivity index (χ0) is 17.1. The van der Waals surface area contributed by atoms with Gasteiger partial charge in [0.25, 0.3) is 5.91 Å². The molecule has 3 rings (SSSR count). The van der Waals surface area contributed by atoms with E-state index >= 15 is 0 Å². The van der Waals surface area contributed by atoms with Crippen molar-refractivity contribution in [2.75, 3.05) is 12.4 Å². The number of nitrogens with zero attached hydrogens (tertiary/aromatic N) is 3. The Hall–Kier alpha value is -3.00. The molecule has 3 aromatic rings. The number of pyridine rings is 2. The number of carbonyl (C=O) groups excluding carboxylic acids is 1. The Morgan fingerprint density at radius 1 is 1.33 bits per heavy atom. The topological polar surface area (TPSA) is 86.1 Å². The zero-order valence-electron chi connectivity index (χ0n) is 13.0. The quantitative estimate of drug-likeness (QED) is 0.785. The molecule has 0 aromatic carbocycles. The van der Waals surface area contributed by atoms with Gasteiger partial charge in [-0.15, -0.1) is 11.3 Å². The number of nitrogens with one attached hydrogen (secondary N) is 1. The van der Waals surface area contributed by atoms with Crippen LogP contribution >= 0.6 is 11.3 Å². The third kappa shape index (κ3) is 3.18. The molecule has 1 amide bonds. The summed E-state index contributed by atoms with van der Waals surface area (Å²) in [5.41, 5.74) is 1.27. The first kappa shape index (κ1) is 15.9. The lowest BCUT2D eigenvalue weighted by Crippen LogP contribution is -2.21. The van der Waals surface area contributed by atoms with Crippen LogP contribution in [-0.4, -0.2) is 27.6 Å². The lowest BCUT2D eigenvalue weighted by Gasteiger charge is -2.09. The Kier molecular flexibility index (Phi) is 4.39. The highest BCUT2D eigenvalue weighted by atomic mass is 32.1. The Morgan fingerprint density at radius 3 is 2.88 bits per heavy atom. The van der Waals surface area contributed by atoms with Gasteiger partial charge in [-0.3, -0.25) is 19.9 Å². The molecule has 3 aromatic heterocycles. The van der Waals surface area contributed by atoms with Gasteiger partial charge in [-0.25, -0.2) is 4.98 Å². The Labute approximate surface area is 141 Å². The number of rotatable bonds is 4. The van der Waals surface area contributed by atoms with E-state index in [0.29, 0.717) is 10.8 Å². The van der Waals surface area contributed by atoms with Crippen LogP contribution in [0.2, 0.25) is 0 Å². The zero-order valence-corrected chi connectivity index (χ0v) is 13.8. The molecule has 122 valence electrons. The predicted octanol–water partition coefficient (Wildman–Crippen LogP) is 2.16. The molecule has 0 radical (unpaired) electrons. The molecule has 1 N–H and O–H groups in total. The van der Waals surface area contributed by atoms with E-state index in [4.69, 9.17) is 4.74 Å². The Balaban J connectivity index is 1.82. The molecule has 0 atom stereocenters. The van der Waals surface area contributed by atoms with Crippen molar-refractivity contribution in [2.24, 2.45) is 7.05 Å². The number of aryl methyl sites for hydroxylation is 1. The molecule has 0 aliphatic rings. The first-order valence-electron chi connectivity index (χ1n) is 7.01.